The third-order valence-electron chi connectivity index (χ3n) is 4.29. The highest BCUT2D eigenvalue weighted by Crippen LogP contribution is 2.31. The number of thioether (sulfide) groups is 1. The van der Waals surface area contributed by atoms with Gasteiger partial charge in [-0.3, -0.25) is 4.90 Å². The Morgan fingerprint density at radius 2 is 2.04 bits per heavy atom. The normalized spacial score (nSPS) is 17.7. The van der Waals surface area contributed by atoms with Gasteiger partial charge in [0, 0.05) is 30.8 Å². The molecule has 0 spiro atoms. The second-order valence-electron chi connectivity index (χ2n) is 5.95. The lowest BCUT2D eigenvalue weighted by molar-refractivity contribution is 0.0381. The van der Waals surface area contributed by atoms with Crippen LogP contribution in [-0.2, 0) is 11.2 Å². The van der Waals surface area contributed by atoms with Gasteiger partial charge in [-0.05, 0) is 36.7 Å². The molecule has 2 aliphatic rings. The molecule has 0 saturated carbocycles. The Morgan fingerprint density at radius 1 is 1.12 bits per heavy atom. The van der Waals surface area contributed by atoms with Gasteiger partial charge in [-0.15, -0.1) is 10.2 Å². The van der Waals surface area contributed by atoms with E-state index in [1.165, 1.54) is 5.56 Å². The fourth-order valence-corrected chi connectivity index (χ4v) is 3.66. The first-order chi connectivity index (χ1) is 11.9. The molecule has 0 unspecified atom stereocenters. The molecule has 0 N–H and O–H groups in total. The number of fused-ring (bicyclic) bond motifs is 1. The lowest BCUT2D eigenvalue weighted by Gasteiger charge is -2.26. The summed E-state index contributed by atoms with van der Waals surface area (Å²) in [5.41, 5.74) is 2.18. The van der Waals surface area contributed by atoms with E-state index in [-0.39, 0.29) is 0 Å². The summed E-state index contributed by atoms with van der Waals surface area (Å²) in [5.74, 6) is 2.54. The average molecular weight is 347 g/mol. The molecule has 1 fully saturated rings. The standard InChI is InChI=1S/C17H21N3O3S/c1(5-20-6-9-21-10-7-20)11-24-17-19-18-16(23-17)14-2-3-15-13(12-14)4-8-22-15/h2-3,12H,1,4-11H2. The molecule has 0 amide bonds. The molecule has 0 atom stereocenters. The quantitative estimate of drug-likeness (QED) is 0.588. The number of morpholine rings is 1. The molecule has 1 aromatic carbocycles. The van der Waals surface area contributed by atoms with Crippen LogP contribution in [0.5, 0.6) is 5.75 Å². The van der Waals surface area contributed by atoms with Crippen LogP contribution in [0.25, 0.3) is 11.5 Å². The van der Waals surface area contributed by atoms with E-state index in [2.05, 4.69) is 21.2 Å². The van der Waals surface area contributed by atoms with E-state index in [1.54, 1.807) is 11.8 Å². The lowest BCUT2D eigenvalue weighted by Crippen LogP contribution is -2.36. The Kier molecular flexibility index (Phi) is 5.01. The number of hydrogen-bond acceptors (Lipinski definition) is 7. The second-order valence-corrected chi connectivity index (χ2v) is 7.00. The SMILES string of the molecule is c1cc2c(cc1-c1nnc(SCCCN3CCOCC3)o1)CCO2. The summed E-state index contributed by atoms with van der Waals surface area (Å²) in [5, 5.41) is 8.97. The van der Waals surface area contributed by atoms with Crippen molar-refractivity contribution >= 4 is 11.8 Å². The third-order valence-corrected chi connectivity index (χ3v) is 5.20. The molecule has 4 rings (SSSR count). The number of hydrogen-bond donors (Lipinski definition) is 0. The average Bonchev–Trinajstić information content (AvgIpc) is 3.28. The van der Waals surface area contributed by atoms with Gasteiger partial charge in [-0.1, -0.05) is 11.8 Å². The van der Waals surface area contributed by atoms with Crippen LogP contribution >= 0.6 is 11.8 Å². The molecule has 2 aliphatic heterocycles. The molecule has 24 heavy (non-hydrogen) atoms. The van der Waals surface area contributed by atoms with E-state index in [9.17, 15) is 0 Å². The van der Waals surface area contributed by atoms with E-state index < -0.39 is 0 Å². The highest BCUT2D eigenvalue weighted by molar-refractivity contribution is 7.99. The zero-order valence-electron chi connectivity index (χ0n) is 13.6. The van der Waals surface area contributed by atoms with Gasteiger partial charge in [0.2, 0.25) is 5.89 Å². The maximum absolute atomic E-state index is 5.79. The third kappa shape index (κ3) is 3.74. The highest BCUT2D eigenvalue weighted by atomic mass is 32.2. The molecule has 128 valence electrons. The van der Waals surface area contributed by atoms with Crippen molar-refractivity contribution in [1.29, 1.82) is 0 Å². The van der Waals surface area contributed by atoms with Crippen LogP contribution in [0, 0.1) is 0 Å². The van der Waals surface area contributed by atoms with Crippen molar-refractivity contribution in [3.63, 3.8) is 0 Å². The zero-order valence-corrected chi connectivity index (χ0v) is 14.4. The van der Waals surface area contributed by atoms with E-state index in [1.807, 2.05) is 12.1 Å². The second kappa shape index (κ2) is 7.55. The van der Waals surface area contributed by atoms with Crippen molar-refractivity contribution in [2.75, 3.05) is 45.2 Å². The molecule has 2 aromatic rings. The van der Waals surface area contributed by atoms with Crippen LogP contribution in [0.2, 0.25) is 0 Å². The van der Waals surface area contributed by atoms with Gasteiger partial charge in [0.15, 0.2) is 0 Å². The lowest BCUT2D eigenvalue weighted by atomic mass is 10.1. The van der Waals surface area contributed by atoms with Crippen molar-refractivity contribution in [2.24, 2.45) is 0 Å². The summed E-state index contributed by atoms with van der Waals surface area (Å²) in [7, 11) is 0. The molecule has 6 nitrogen and oxygen atoms in total. The zero-order chi connectivity index (χ0) is 16.2. The minimum atomic E-state index is 0.584. The van der Waals surface area contributed by atoms with Crippen LogP contribution < -0.4 is 4.74 Å². The predicted octanol–water partition coefficient (Wildman–Crippen LogP) is 2.49. The van der Waals surface area contributed by atoms with Gasteiger partial charge in [0.25, 0.3) is 5.22 Å². The number of benzene rings is 1. The maximum atomic E-state index is 5.79. The van der Waals surface area contributed by atoms with Gasteiger partial charge in [0.1, 0.15) is 5.75 Å². The summed E-state index contributed by atoms with van der Waals surface area (Å²) < 4.78 is 16.7. The molecular weight excluding hydrogens is 326 g/mol. The number of ether oxygens (including phenoxy) is 2. The van der Waals surface area contributed by atoms with Crippen LogP contribution in [-0.4, -0.2) is 60.3 Å². The van der Waals surface area contributed by atoms with Gasteiger partial charge in [0.05, 0.1) is 19.8 Å². The number of nitrogens with zero attached hydrogens (tertiary/aromatic N) is 3. The van der Waals surface area contributed by atoms with Crippen LogP contribution in [0.3, 0.4) is 0 Å². The Labute approximate surface area is 145 Å². The summed E-state index contributed by atoms with van der Waals surface area (Å²) in [6.45, 7) is 5.64. The summed E-state index contributed by atoms with van der Waals surface area (Å²) in [6, 6.07) is 6.05. The minimum Gasteiger partial charge on any atom is -0.493 e. The van der Waals surface area contributed by atoms with Crippen LogP contribution in [0.1, 0.15) is 12.0 Å². The molecule has 0 aliphatic carbocycles. The Bertz CT molecular complexity index is 685. The van der Waals surface area contributed by atoms with E-state index in [4.69, 9.17) is 13.9 Å². The fourth-order valence-electron chi connectivity index (χ4n) is 2.98. The van der Waals surface area contributed by atoms with Crippen LogP contribution in [0.15, 0.2) is 27.8 Å². The molecular formula is C17H21N3O3S. The summed E-state index contributed by atoms with van der Waals surface area (Å²) >= 11 is 1.63. The van der Waals surface area contributed by atoms with Gasteiger partial charge in [-0.25, -0.2) is 0 Å². The summed E-state index contributed by atoms with van der Waals surface area (Å²) in [6.07, 6.45) is 2.05. The van der Waals surface area contributed by atoms with E-state index in [0.717, 1.165) is 69.4 Å². The van der Waals surface area contributed by atoms with Crippen molar-refractivity contribution in [1.82, 2.24) is 15.1 Å². The van der Waals surface area contributed by atoms with Gasteiger partial charge in [-0.2, -0.15) is 0 Å². The first kappa shape index (κ1) is 15.9. The number of aromatic nitrogens is 2. The Hall–Kier alpha value is -1.57. The highest BCUT2D eigenvalue weighted by Gasteiger charge is 2.16. The van der Waals surface area contributed by atoms with Crippen molar-refractivity contribution in [2.45, 2.75) is 18.1 Å². The predicted molar refractivity (Wildman–Crippen MR) is 91.5 cm³/mol. The Morgan fingerprint density at radius 3 is 2.96 bits per heavy atom. The van der Waals surface area contributed by atoms with Crippen LogP contribution in [0.4, 0.5) is 0 Å². The van der Waals surface area contributed by atoms with Crippen molar-refractivity contribution < 1.29 is 13.9 Å². The molecule has 1 saturated heterocycles. The van der Waals surface area contributed by atoms with Crippen molar-refractivity contribution in [3.05, 3.63) is 23.8 Å². The van der Waals surface area contributed by atoms with Gasteiger partial charge >= 0.3 is 0 Å². The first-order valence-corrected chi connectivity index (χ1v) is 9.39. The minimum absolute atomic E-state index is 0.584. The molecule has 7 heteroatoms. The molecule has 0 radical (unpaired) electrons. The first-order valence-electron chi connectivity index (χ1n) is 8.41. The smallest absolute Gasteiger partial charge is 0.276 e. The molecule has 0 bridgehead atoms. The number of rotatable bonds is 6. The fraction of sp³-hybridized carbons (Fsp3) is 0.529. The summed E-state index contributed by atoms with van der Waals surface area (Å²) in [4.78, 5) is 2.44. The van der Waals surface area contributed by atoms with E-state index >= 15 is 0 Å². The van der Waals surface area contributed by atoms with E-state index in [0.29, 0.717) is 11.1 Å². The van der Waals surface area contributed by atoms with Crippen molar-refractivity contribution in [3.8, 4) is 17.2 Å². The van der Waals surface area contributed by atoms with Gasteiger partial charge < -0.3 is 13.9 Å². The molecule has 1 aromatic heterocycles. The monoisotopic (exact) mass is 347 g/mol. The molecule has 3 heterocycles. The Balaban J connectivity index is 1.28. The maximum Gasteiger partial charge on any atom is 0.276 e. The largest absolute Gasteiger partial charge is 0.493 e. The topological polar surface area (TPSA) is 60.6 Å².